The molecule has 4 unspecified atom stereocenters. The zero-order valence-electron chi connectivity index (χ0n) is 19.2. The van der Waals surface area contributed by atoms with Gasteiger partial charge in [0.1, 0.15) is 18.1 Å². The second-order valence-corrected chi connectivity index (χ2v) is 9.56. The van der Waals surface area contributed by atoms with Crippen LogP contribution in [0.15, 0.2) is 35.6 Å². The molecule has 3 N–H and O–H groups in total. The summed E-state index contributed by atoms with van der Waals surface area (Å²) in [6.45, 7) is 3.29. The molecular formula is C23H28FN5O4S. The molecule has 3 heterocycles. The molecule has 1 saturated heterocycles. The lowest BCUT2D eigenvalue weighted by Crippen LogP contribution is -2.32. The zero-order valence-corrected chi connectivity index (χ0v) is 20.0. The van der Waals surface area contributed by atoms with Gasteiger partial charge in [0.25, 0.3) is 5.91 Å². The first-order valence-electron chi connectivity index (χ1n) is 11.0. The highest BCUT2D eigenvalue weighted by Crippen LogP contribution is 2.58. The minimum absolute atomic E-state index is 0.0915. The number of nitrogens with one attached hydrogen (secondary N) is 1. The lowest BCUT2D eigenvalue weighted by molar-refractivity contribution is -0.0727. The van der Waals surface area contributed by atoms with E-state index in [9.17, 15) is 9.18 Å². The summed E-state index contributed by atoms with van der Waals surface area (Å²) in [7, 11) is 3.25. The summed E-state index contributed by atoms with van der Waals surface area (Å²) in [5.74, 6) is 0.195. The molecule has 2 fully saturated rings. The number of hydrogen-bond donors (Lipinski definition) is 2. The maximum Gasteiger partial charge on any atom is 0.275 e. The number of fused-ring (bicyclic) bond motifs is 1. The molecule has 3 aliphatic rings. The maximum atomic E-state index is 14.6. The molecule has 0 radical (unpaired) electrons. The lowest BCUT2D eigenvalue weighted by atomic mass is 10.0. The van der Waals surface area contributed by atoms with Crippen LogP contribution in [-0.2, 0) is 9.47 Å². The molecule has 182 valence electrons. The van der Waals surface area contributed by atoms with E-state index in [-0.39, 0.29) is 29.6 Å². The number of ether oxygens (including phenoxy) is 3. The van der Waals surface area contributed by atoms with Gasteiger partial charge < -0.3 is 25.3 Å². The number of anilines is 1. The Morgan fingerprint density at radius 3 is 2.74 bits per heavy atom. The van der Waals surface area contributed by atoms with Crippen LogP contribution in [-0.4, -0.2) is 59.8 Å². The molecule has 1 aromatic heterocycles. The van der Waals surface area contributed by atoms with Crippen molar-refractivity contribution in [1.82, 2.24) is 9.97 Å². The molecule has 9 nitrogen and oxygen atoms in total. The maximum absolute atomic E-state index is 14.6. The van der Waals surface area contributed by atoms with Crippen LogP contribution in [0.25, 0.3) is 0 Å². The third kappa shape index (κ3) is 5.48. The number of hydrogen-bond acceptors (Lipinski definition) is 9. The average molecular weight is 490 g/mol. The Morgan fingerprint density at radius 2 is 2.09 bits per heavy atom. The van der Waals surface area contributed by atoms with E-state index in [1.54, 1.807) is 32.0 Å². The highest BCUT2D eigenvalue weighted by atomic mass is 32.2. The number of methoxy groups -OCH3 is 1. The van der Waals surface area contributed by atoms with Crippen molar-refractivity contribution in [3.63, 3.8) is 0 Å². The molecule has 0 bridgehead atoms. The fourth-order valence-electron chi connectivity index (χ4n) is 3.92. The Kier molecular flexibility index (Phi) is 7.64. The second-order valence-electron chi connectivity index (χ2n) is 8.36. The van der Waals surface area contributed by atoms with Crippen molar-refractivity contribution < 1.29 is 23.4 Å². The summed E-state index contributed by atoms with van der Waals surface area (Å²) < 4.78 is 29.6. The third-order valence-corrected chi connectivity index (χ3v) is 7.26. The molecule has 5 atom stereocenters. The first-order chi connectivity index (χ1) is 16.4. The average Bonchev–Trinajstić information content (AvgIpc) is 3.43. The fraction of sp³-hybridized carbons (Fsp3) is 0.478. The number of amidine groups is 1. The highest BCUT2D eigenvalue weighted by molar-refractivity contribution is 8.14. The summed E-state index contributed by atoms with van der Waals surface area (Å²) in [6, 6.07) is 4.13. The molecule has 5 rings (SSSR count). The van der Waals surface area contributed by atoms with Crippen LogP contribution in [0.3, 0.4) is 0 Å². The standard InChI is InChI=1S/C21H22FN5O3S.C2H6O/c1-10-17-18(27-21(23)31-19(10)17)13-6-11(2-3-14(13)22)26-20(28)15-7-25-16(8-24-15)30-9-12-4-5-29-12;1-3-2/h2-3,6-8,10,12,17-19H,4-5,9H2,1H3,(H2,23,27)(H,26,28);1-2H3/t10-,12?,17?,18?,19?;/m0./s1. The van der Waals surface area contributed by atoms with Gasteiger partial charge in [-0.1, -0.05) is 18.7 Å². The topological polar surface area (TPSA) is 121 Å². The summed E-state index contributed by atoms with van der Waals surface area (Å²) >= 11 is 1.55. The molecule has 2 aliphatic heterocycles. The molecule has 1 aliphatic carbocycles. The summed E-state index contributed by atoms with van der Waals surface area (Å²) in [4.78, 5) is 25.3. The molecule has 34 heavy (non-hydrogen) atoms. The van der Waals surface area contributed by atoms with Crippen LogP contribution < -0.4 is 15.8 Å². The van der Waals surface area contributed by atoms with Crippen LogP contribution in [0, 0.1) is 17.7 Å². The van der Waals surface area contributed by atoms with Gasteiger partial charge in [-0.2, -0.15) is 0 Å². The molecule has 1 aromatic carbocycles. The summed E-state index contributed by atoms with van der Waals surface area (Å²) in [6.07, 6.45) is 3.80. The Bertz CT molecular complexity index is 1050. The number of carbonyl (C=O) groups is 1. The monoisotopic (exact) mass is 489 g/mol. The van der Waals surface area contributed by atoms with Gasteiger partial charge >= 0.3 is 0 Å². The number of nitrogens with zero attached hydrogens (tertiary/aromatic N) is 3. The normalized spacial score (nSPS) is 26.7. The van der Waals surface area contributed by atoms with Crippen LogP contribution in [0.4, 0.5) is 10.1 Å². The van der Waals surface area contributed by atoms with Crippen LogP contribution in [0.2, 0.25) is 0 Å². The van der Waals surface area contributed by atoms with E-state index >= 15 is 0 Å². The van der Waals surface area contributed by atoms with E-state index in [0.29, 0.717) is 40.1 Å². The van der Waals surface area contributed by atoms with Gasteiger partial charge in [0.15, 0.2) is 5.17 Å². The quantitative estimate of drug-likeness (QED) is 0.635. The number of rotatable bonds is 6. The van der Waals surface area contributed by atoms with Crippen LogP contribution in [0.5, 0.6) is 5.88 Å². The number of aliphatic imine (C=N–C) groups is 1. The van der Waals surface area contributed by atoms with E-state index in [2.05, 4.69) is 31.9 Å². The van der Waals surface area contributed by atoms with Gasteiger partial charge in [-0.05, 0) is 24.1 Å². The van der Waals surface area contributed by atoms with Gasteiger partial charge in [0.05, 0.1) is 24.5 Å². The van der Waals surface area contributed by atoms with Gasteiger partial charge in [-0.3, -0.25) is 9.79 Å². The first kappa shape index (κ1) is 24.4. The van der Waals surface area contributed by atoms with Gasteiger partial charge in [0.2, 0.25) is 5.88 Å². The smallest absolute Gasteiger partial charge is 0.275 e. The number of nitrogens with two attached hydrogens (primary N) is 1. The van der Waals surface area contributed by atoms with Crippen molar-refractivity contribution in [3.8, 4) is 5.88 Å². The van der Waals surface area contributed by atoms with E-state index in [4.69, 9.17) is 15.2 Å². The Morgan fingerprint density at radius 1 is 1.32 bits per heavy atom. The van der Waals surface area contributed by atoms with Crippen molar-refractivity contribution in [2.24, 2.45) is 22.6 Å². The first-order valence-corrected chi connectivity index (χ1v) is 11.9. The molecule has 11 heteroatoms. The van der Waals surface area contributed by atoms with Crippen LogP contribution in [0.1, 0.15) is 35.4 Å². The van der Waals surface area contributed by atoms with E-state index in [0.717, 1.165) is 13.0 Å². The minimum Gasteiger partial charge on any atom is -0.474 e. The van der Waals surface area contributed by atoms with Crippen LogP contribution >= 0.6 is 11.8 Å². The SMILES string of the molecule is COC.C[C@@H]1C2SC(N)=NC(c3cc(NC(=O)c4cnc(OCC5CCO5)cn4)ccc3F)C21. The zero-order chi connectivity index (χ0) is 24.2. The molecular weight excluding hydrogens is 461 g/mol. The van der Waals surface area contributed by atoms with E-state index in [1.807, 2.05) is 0 Å². The lowest BCUT2D eigenvalue weighted by Gasteiger charge is -2.25. The number of thioether (sulfide) groups is 1. The third-order valence-electron chi connectivity index (χ3n) is 5.90. The Labute approximate surface area is 201 Å². The van der Waals surface area contributed by atoms with Crippen molar-refractivity contribution in [2.45, 2.75) is 30.7 Å². The predicted molar refractivity (Wildman–Crippen MR) is 128 cm³/mol. The number of carbonyl (C=O) groups excluding carboxylic acids is 1. The van der Waals surface area contributed by atoms with Gasteiger partial charge in [0, 0.05) is 49.7 Å². The van der Waals surface area contributed by atoms with Gasteiger partial charge in [-0.25, -0.2) is 14.4 Å². The fourth-order valence-corrected chi connectivity index (χ4v) is 5.24. The second kappa shape index (κ2) is 10.7. The van der Waals surface area contributed by atoms with E-state index < -0.39 is 5.91 Å². The number of halogens is 1. The predicted octanol–water partition coefficient (Wildman–Crippen LogP) is 3.04. The largest absolute Gasteiger partial charge is 0.474 e. The summed E-state index contributed by atoms with van der Waals surface area (Å²) in [5, 5.41) is 3.60. The van der Waals surface area contributed by atoms with Crippen molar-refractivity contribution in [2.75, 3.05) is 32.8 Å². The number of aromatic nitrogens is 2. The molecule has 2 aromatic rings. The Balaban J connectivity index is 0.000000868. The number of amides is 1. The minimum atomic E-state index is -0.446. The van der Waals surface area contributed by atoms with Crippen molar-refractivity contribution in [1.29, 1.82) is 0 Å². The molecule has 1 amide bonds. The van der Waals surface area contributed by atoms with Crippen molar-refractivity contribution in [3.05, 3.63) is 47.7 Å². The summed E-state index contributed by atoms with van der Waals surface area (Å²) in [5.41, 5.74) is 6.97. The molecule has 1 saturated carbocycles. The van der Waals surface area contributed by atoms with Crippen molar-refractivity contribution >= 4 is 28.5 Å². The van der Waals surface area contributed by atoms with E-state index in [1.165, 1.54) is 24.5 Å². The molecule has 0 spiro atoms. The number of benzene rings is 1. The highest BCUT2D eigenvalue weighted by Gasteiger charge is 2.55. The van der Waals surface area contributed by atoms with Gasteiger partial charge in [-0.15, -0.1) is 0 Å². The Hall–Kier alpha value is -2.76.